The van der Waals surface area contributed by atoms with Gasteiger partial charge in [0, 0.05) is 11.8 Å². The quantitative estimate of drug-likeness (QED) is 0.427. The van der Waals surface area contributed by atoms with Crippen molar-refractivity contribution in [1.82, 2.24) is 10.2 Å². The van der Waals surface area contributed by atoms with Gasteiger partial charge in [0.25, 0.3) is 0 Å². The molecule has 1 aromatic carbocycles. The number of ether oxygens (including phenoxy) is 1. The summed E-state index contributed by atoms with van der Waals surface area (Å²) in [6.07, 6.45) is -3.69. The van der Waals surface area contributed by atoms with E-state index in [9.17, 15) is 24.9 Å². The third-order valence-electron chi connectivity index (χ3n) is 4.68. The largest absolute Gasteiger partial charge is 0.394 e. The number of hydrogen-bond acceptors (Lipinski definition) is 7. The lowest BCUT2D eigenvalue weighted by Crippen LogP contribution is -2.68. The fourth-order valence-electron chi connectivity index (χ4n) is 3.05. The first-order valence-electron chi connectivity index (χ1n) is 8.10. The van der Waals surface area contributed by atoms with Gasteiger partial charge in [-0.15, -0.1) is 0 Å². The highest BCUT2D eigenvalue weighted by Crippen LogP contribution is 2.29. The molecule has 2 heterocycles. The minimum atomic E-state index is -1.74. The number of amides is 2. The van der Waals surface area contributed by atoms with Crippen molar-refractivity contribution in [2.24, 2.45) is 5.73 Å². The van der Waals surface area contributed by atoms with Gasteiger partial charge >= 0.3 is 6.03 Å². The monoisotopic (exact) mass is 363 g/mol. The van der Waals surface area contributed by atoms with Gasteiger partial charge in [0.1, 0.15) is 18.3 Å². The molecule has 1 saturated heterocycles. The summed E-state index contributed by atoms with van der Waals surface area (Å²) in [6.45, 7) is 1.05. The van der Waals surface area contributed by atoms with Crippen LogP contribution in [0.25, 0.3) is 0 Å². The third-order valence-corrected chi connectivity index (χ3v) is 4.68. The van der Waals surface area contributed by atoms with Crippen molar-refractivity contribution < 1.29 is 29.6 Å². The average Bonchev–Trinajstić information content (AvgIpc) is 2.93. The lowest BCUT2D eigenvalue weighted by Gasteiger charge is -2.39. The molecule has 0 bridgehead atoms. The molecule has 26 heavy (non-hydrogen) atoms. The number of aliphatic hydroxyl groups is 3. The van der Waals surface area contributed by atoms with Crippen LogP contribution in [0, 0.1) is 0 Å². The zero-order valence-electron chi connectivity index (χ0n) is 14.1. The Bertz CT molecular complexity index is 739. The van der Waals surface area contributed by atoms with Gasteiger partial charge in [0.05, 0.1) is 6.61 Å². The maximum atomic E-state index is 12.8. The van der Waals surface area contributed by atoms with Crippen LogP contribution in [0.15, 0.2) is 42.1 Å². The topological polar surface area (TPSA) is 145 Å². The van der Waals surface area contributed by atoms with Gasteiger partial charge in [-0.05, 0) is 12.5 Å². The van der Waals surface area contributed by atoms with E-state index in [0.29, 0.717) is 11.1 Å². The molecule has 3 rings (SSSR count). The van der Waals surface area contributed by atoms with Gasteiger partial charge in [-0.2, -0.15) is 0 Å². The zero-order valence-corrected chi connectivity index (χ0v) is 14.1. The van der Waals surface area contributed by atoms with E-state index in [1.807, 2.05) is 0 Å². The number of Topliss-reactive ketones (excluding diaryl/α,β-unsaturated/α-hetero) is 1. The first-order valence-corrected chi connectivity index (χ1v) is 8.10. The maximum absolute atomic E-state index is 12.8. The molecule has 2 aliphatic rings. The Morgan fingerprint density at radius 3 is 2.54 bits per heavy atom. The van der Waals surface area contributed by atoms with Gasteiger partial charge in [-0.3, -0.25) is 15.4 Å². The van der Waals surface area contributed by atoms with Gasteiger partial charge in [-0.1, -0.05) is 30.3 Å². The first kappa shape index (κ1) is 18.5. The summed E-state index contributed by atoms with van der Waals surface area (Å²) in [6, 6.07) is 7.55. The van der Waals surface area contributed by atoms with Crippen LogP contribution in [-0.4, -0.2) is 68.8 Å². The predicted molar refractivity (Wildman–Crippen MR) is 89.6 cm³/mol. The minimum absolute atomic E-state index is 0.323. The van der Waals surface area contributed by atoms with Gasteiger partial charge in [-0.25, -0.2) is 4.79 Å². The van der Waals surface area contributed by atoms with Gasteiger partial charge < -0.3 is 25.4 Å². The van der Waals surface area contributed by atoms with Crippen molar-refractivity contribution in [3.8, 4) is 0 Å². The lowest BCUT2D eigenvalue weighted by atomic mass is 9.91. The van der Waals surface area contributed by atoms with E-state index in [-0.39, 0.29) is 0 Å². The molecule has 2 amide bonds. The smallest absolute Gasteiger partial charge is 0.325 e. The molecule has 0 spiro atoms. The van der Waals surface area contributed by atoms with Crippen LogP contribution in [0.3, 0.4) is 0 Å². The van der Waals surface area contributed by atoms with Gasteiger partial charge in [0.15, 0.2) is 11.9 Å². The summed E-state index contributed by atoms with van der Waals surface area (Å²) in [4.78, 5) is 26.3. The molecular formula is C17H21N3O6. The second-order valence-electron chi connectivity index (χ2n) is 6.38. The number of urea groups is 1. The van der Waals surface area contributed by atoms with Crippen molar-refractivity contribution in [2.45, 2.75) is 37.1 Å². The Labute approximate surface area is 149 Å². The molecule has 0 aliphatic carbocycles. The normalized spacial score (nSPS) is 34.4. The fraction of sp³-hybridized carbons (Fsp3) is 0.412. The molecule has 1 fully saturated rings. The second-order valence-corrected chi connectivity index (χ2v) is 6.38. The molecule has 9 nitrogen and oxygen atoms in total. The third kappa shape index (κ3) is 2.89. The van der Waals surface area contributed by atoms with Crippen LogP contribution in [0.5, 0.6) is 0 Å². The number of nitrogens with two attached hydrogens (primary N) is 1. The standard InChI is InChI=1S/C17H21N3O6/c1-9-7-20(15-13(23)12(22)11(8-21)26-15)16(25)19-17(9,18)14(24)10-5-3-2-4-6-10/h2-7,11-13,15,21-23H,8,18H2,1H3,(H,19,25)/t11-,12-,13-,15-,17?/m1/s1. The molecule has 9 heteroatoms. The second kappa shape index (κ2) is 6.78. The summed E-state index contributed by atoms with van der Waals surface area (Å²) >= 11 is 0. The number of carbonyl (C=O) groups excluding carboxylic acids is 2. The molecular weight excluding hydrogens is 342 g/mol. The van der Waals surface area contributed by atoms with Crippen LogP contribution < -0.4 is 11.1 Å². The van der Waals surface area contributed by atoms with Crippen molar-refractivity contribution in [2.75, 3.05) is 6.61 Å². The van der Waals surface area contributed by atoms with Crippen LogP contribution in [0.1, 0.15) is 17.3 Å². The van der Waals surface area contributed by atoms with E-state index in [4.69, 9.17) is 10.5 Å². The molecule has 0 radical (unpaired) electrons. The molecule has 6 N–H and O–H groups in total. The van der Waals surface area contributed by atoms with E-state index < -0.39 is 48.6 Å². The molecule has 0 saturated carbocycles. The van der Waals surface area contributed by atoms with Crippen molar-refractivity contribution in [3.05, 3.63) is 47.7 Å². The number of hydrogen-bond donors (Lipinski definition) is 5. The Balaban J connectivity index is 1.89. The molecule has 2 aliphatic heterocycles. The number of benzene rings is 1. The molecule has 1 aromatic rings. The Kier molecular flexibility index (Phi) is 4.82. The van der Waals surface area contributed by atoms with Crippen molar-refractivity contribution in [3.63, 3.8) is 0 Å². The van der Waals surface area contributed by atoms with Crippen LogP contribution in [-0.2, 0) is 4.74 Å². The Hall–Kier alpha value is -2.30. The number of rotatable bonds is 4. The van der Waals surface area contributed by atoms with Crippen molar-refractivity contribution in [1.29, 1.82) is 0 Å². The van der Waals surface area contributed by atoms with E-state index >= 15 is 0 Å². The molecule has 5 atom stereocenters. The van der Waals surface area contributed by atoms with E-state index in [2.05, 4.69) is 5.32 Å². The van der Waals surface area contributed by atoms with Crippen molar-refractivity contribution >= 4 is 11.8 Å². The summed E-state index contributed by atoms with van der Waals surface area (Å²) in [7, 11) is 0. The van der Waals surface area contributed by atoms with E-state index in [1.54, 1.807) is 37.3 Å². The number of aliphatic hydroxyl groups excluding tert-OH is 3. The number of carbonyl (C=O) groups is 2. The van der Waals surface area contributed by atoms with Crippen LogP contribution in [0.4, 0.5) is 4.79 Å². The van der Waals surface area contributed by atoms with Crippen LogP contribution in [0.2, 0.25) is 0 Å². The summed E-state index contributed by atoms with van der Waals surface area (Å²) < 4.78 is 5.35. The summed E-state index contributed by atoms with van der Waals surface area (Å²) in [5.74, 6) is -0.485. The number of nitrogens with zero attached hydrogens (tertiary/aromatic N) is 1. The van der Waals surface area contributed by atoms with E-state index in [0.717, 1.165) is 4.90 Å². The lowest BCUT2D eigenvalue weighted by molar-refractivity contribution is -0.0671. The molecule has 1 unspecified atom stereocenters. The molecule has 0 aromatic heterocycles. The van der Waals surface area contributed by atoms with Gasteiger partial charge in [0.2, 0.25) is 5.78 Å². The maximum Gasteiger partial charge on any atom is 0.325 e. The fourth-order valence-corrected chi connectivity index (χ4v) is 3.05. The van der Waals surface area contributed by atoms with E-state index in [1.165, 1.54) is 6.20 Å². The Morgan fingerprint density at radius 1 is 1.31 bits per heavy atom. The van der Waals surface area contributed by atoms with Crippen LogP contribution >= 0.6 is 0 Å². The highest BCUT2D eigenvalue weighted by atomic mass is 16.6. The first-order chi connectivity index (χ1) is 12.3. The SMILES string of the molecule is CC1=CN([C@@H]2O[C@H](CO)[C@@H](O)[C@H]2O)C(=O)NC1(N)C(=O)c1ccccc1. The zero-order chi connectivity index (χ0) is 19.1. The summed E-state index contributed by atoms with van der Waals surface area (Å²) in [5.41, 5.74) is 5.09. The number of ketones is 1. The Morgan fingerprint density at radius 2 is 1.96 bits per heavy atom. The highest BCUT2D eigenvalue weighted by molar-refractivity contribution is 6.07. The molecule has 140 valence electrons. The average molecular weight is 363 g/mol. The number of nitrogens with one attached hydrogen (secondary N) is 1. The predicted octanol–water partition coefficient (Wildman–Crippen LogP) is -1.11. The highest BCUT2D eigenvalue weighted by Gasteiger charge is 2.50. The summed E-state index contributed by atoms with van der Waals surface area (Å²) in [5, 5.41) is 31.6. The minimum Gasteiger partial charge on any atom is -0.394 e.